The van der Waals surface area contributed by atoms with Gasteiger partial charge in [-0.05, 0) is 37.6 Å². The van der Waals surface area contributed by atoms with Crippen LogP contribution < -0.4 is 10.6 Å². The quantitative estimate of drug-likeness (QED) is 0.279. The Morgan fingerprint density at radius 3 is 2.57 bits per heavy atom. The minimum absolute atomic E-state index is 0.0654. The van der Waals surface area contributed by atoms with E-state index < -0.39 is 30.3 Å². The highest BCUT2D eigenvalue weighted by Gasteiger charge is 2.24. The Morgan fingerprint density at radius 2 is 1.93 bits per heavy atom. The van der Waals surface area contributed by atoms with Gasteiger partial charge in [0.2, 0.25) is 16.2 Å². The van der Waals surface area contributed by atoms with Crippen molar-refractivity contribution in [3.05, 3.63) is 34.3 Å². The highest BCUT2D eigenvalue weighted by Crippen LogP contribution is 2.22. The third-order valence-electron chi connectivity index (χ3n) is 3.75. The third kappa shape index (κ3) is 6.78. The molecule has 0 fully saturated rings. The van der Waals surface area contributed by atoms with Gasteiger partial charge in [-0.3, -0.25) is 19.7 Å². The zero-order chi connectivity index (χ0) is 22.3. The first-order chi connectivity index (χ1) is 14.2. The fourth-order valence-electron chi connectivity index (χ4n) is 2.31. The van der Waals surface area contributed by atoms with Crippen LogP contribution in [-0.4, -0.2) is 51.6 Å². The highest BCUT2D eigenvalue weighted by atomic mass is 35.5. The number of amides is 1. The molecule has 30 heavy (non-hydrogen) atoms. The van der Waals surface area contributed by atoms with Crippen LogP contribution in [0.4, 0.5) is 10.3 Å². The lowest BCUT2D eigenvalue weighted by Gasteiger charge is -2.12. The van der Waals surface area contributed by atoms with Crippen molar-refractivity contribution in [2.75, 3.05) is 17.2 Å². The van der Waals surface area contributed by atoms with Crippen molar-refractivity contribution < 1.29 is 29.0 Å². The minimum atomic E-state index is -1.26. The summed E-state index contributed by atoms with van der Waals surface area (Å²) in [5, 5.41) is 22.5. The molecule has 0 aliphatic rings. The predicted molar refractivity (Wildman–Crippen MR) is 110 cm³/mol. The van der Waals surface area contributed by atoms with Crippen molar-refractivity contribution in [1.82, 2.24) is 10.2 Å². The first-order valence-electron chi connectivity index (χ1n) is 8.77. The van der Waals surface area contributed by atoms with Crippen molar-refractivity contribution in [3.8, 4) is 0 Å². The number of rotatable bonds is 10. The maximum absolute atomic E-state index is 12.4. The topological polar surface area (TPSA) is 148 Å². The van der Waals surface area contributed by atoms with E-state index >= 15 is 0 Å². The molecule has 10 nitrogen and oxygen atoms in total. The first kappa shape index (κ1) is 23.2. The van der Waals surface area contributed by atoms with Gasteiger partial charge in [0.15, 0.2) is 5.78 Å². The smallest absolute Gasteiger partial charge is 0.326 e. The number of carbonyl (C=O) groups is 4. The SMILES string of the molecule is CCOC(=O)CC(=O)Nc1nnc(NC(CC(=O)c2ccc(Cl)c(C)c2)C(=O)O)s1. The van der Waals surface area contributed by atoms with E-state index in [0.717, 1.165) is 11.3 Å². The number of esters is 1. The minimum Gasteiger partial charge on any atom is -0.480 e. The molecule has 1 unspecified atom stereocenters. The van der Waals surface area contributed by atoms with Gasteiger partial charge in [0.05, 0.1) is 6.61 Å². The summed E-state index contributed by atoms with van der Waals surface area (Å²) >= 11 is 6.81. The molecule has 2 rings (SSSR count). The molecule has 3 N–H and O–H groups in total. The molecule has 0 spiro atoms. The summed E-state index contributed by atoms with van der Waals surface area (Å²) < 4.78 is 4.67. The van der Waals surface area contributed by atoms with Gasteiger partial charge >= 0.3 is 11.9 Å². The van der Waals surface area contributed by atoms with Gasteiger partial charge in [-0.2, -0.15) is 0 Å². The number of aryl methyl sites for hydroxylation is 1. The fraction of sp³-hybridized carbons (Fsp3) is 0.333. The Labute approximate surface area is 180 Å². The Balaban J connectivity index is 1.99. The predicted octanol–water partition coefficient (Wildman–Crippen LogP) is 2.53. The molecule has 0 saturated carbocycles. The molecule has 160 valence electrons. The zero-order valence-corrected chi connectivity index (χ0v) is 17.7. The largest absolute Gasteiger partial charge is 0.480 e. The summed E-state index contributed by atoms with van der Waals surface area (Å²) in [4.78, 5) is 47.0. The summed E-state index contributed by atoms with van der Waals surface area (Å²) in [5.74, 6) is -2.96. The number of nitrogens with one attached hydrogen (secondary N) is 2. The molecule has 1 aromatic carbocycles. The molecule has 1 aromatic heterocycles. The van der Waals surface area contributed by atoms with Crippen molar-refractivity contribution in [3.63, 3.8) is 0 Å². The number of hydrogen-bond donors (Lipinski definition) is 3. The number of carboxylic acid groups (broad SMARTS) is 1. The van der Waals surface area contributed by atoms with Crippen LogP contribution >= 0.6 is 22.9 Å². The maximum atomic E-state index is 12.4. The van der Waals surface area contributed by atoms with Crippen LogP contribution in [-0.2, 0) is 19.1 Å². The number of halogens is 1. The van der Waals surface area contributed by atoms with Gasteiger partial charge in [0.25, 0.3) is 0 Å². The lowest BCUT2D eigenvalue weighted by atomic mass is 10.0. The van der Waals surface area contributed by atoms with Crippen molar-refractivity contribution in [1.29, 1.82) is 0 Å². The van der Waals surface area contributed by atoms with Crippen LogP contribution in [0.1, 0.15) is 35.7 Å². The number of ether oxygens (including phenoxy) is 1. The fourth-order valence-corrected chi connectivity index (χ4v) is 3.14. The van der Waals surface area contributed by atoms with Crippen LogP contribution in [0.25, 0.3) is 0 Å². The van der Waals surface area contributed by atoms with E-state index in [1.165, 1.54) is 6.07 Å². The number of benzene rings is 1. The molecular formula is C18H19ClN4O6S. The summed E-state index contributed by atoms with van der Waals surface area (Å²) in [6.45, 7) is 3.52. The Bertz CT molecular complexity index is 964. The lowest BCUT2D eigenvalue weighted by molar-refractivity contribution is -0.145. The van der Waals surface area contributed by atoms with E-state index in [9.17, 15) is 24.3 Å². The van der Waals surface area contributed by atoms with Gasteiger partial charge in [-0.25, -0.2) is 4.79 Å². The van der Waals surface area contributed by atoms with E-state index in [0.29, 0.717) is 16.1 Å². The second-order valence-electron chi connectivity index (χ2n) is 6.07. The number of hydrogen-bond acceptors (Lipinski definition) is 9. The Kier molecular flexibility index (Phi) is 8.25. The summed E-state index contributed by atoms with van der Waals surface area (Å²) in [6, 6.07) is 3.43. The van der Waals surface area contributed by atoms with Crippen molar-refractivity contribution >= 4 is 56.8 Å². The highest BCUT2D eigenvalue weighted by molar-refractivity contribution is 7.19. The summed E-state index contributed by atoms with van der Waals surface area (Å²) in [5.41, 5.74) is 1.05. The van der Waals surface area contributed by atoms with Crippen LogP contribution in [0.5, 0.6) is 0 Å². The monoisotopic (exact) mass is 454 g/mol. The molecule has 0 aliphatic heterocycles. The van der Waals surface area contributed by atoms with Crippen LogP contribution in [0.3, 0.4) is 0 Å². The number of ketones is 1. The van der Waals surface area contributed by atoms with Crippen molar-refractivity contribution in [2.24, 2.45) is 0 Å². The number of aromatic nitrogens is 2. The maximum Gasteiger partial charge on any atom is 0.326 e. The number of anilines is 2. The van der Waals surface area contributed by atoms with Crippen LogP contribution in [0.15, 0.2) is 18.2 Å². The molecule has 0 aliphatic carbocycles. The number of carbonyl (C=O) groups excluding carboxylic acids is 3. The Morgan fingerprint density at radius 1 is 1.23 bits per heavy atom. The second-order valence-corrected chi connectivity index (χ2v) is 7.45. The average molecular weight is 455 g/mol. The second kappa shape index (κ2) is 10.6. The third-order valence-corrected chi connectivity index (χ3v) is 4.94. The summed E-state index contributed by atoms with van der Waals surface area (Å²) in [6.07, 6.45) is -0.816. The molecule has 0 bridgehead atoms. The van der Waals surface area contributed by atoms with Crippen molar-refractivity contribution in [2.45, 2.75) is 32.7 Å². The molecule has 1 atom stereocenters. The van der Waals surface area contributed by atoms with E-state index in [4.69, 9.17) is 11.6 Å². The number of carboxylic acids is 1. The first-order valence-corrected chi connectivity index (χ1v) is 9.96. The molecule has 1 heterocycles. The van der Waals surface area contributed by atoms with Crippen LogP contribution in [0.2, 0.25) is 5.02 Å². The normalized spacial score (nSPS) is 11.4. The van der Waals surface area contributed by atoms with Gasteiger partial charge < -0.3 is 15.2 Å². The standard InChI is InChI=1S/C18H19ClN4O6S/c1-3-29-15(26)8-14(25)21-18-23-22-17(30-18)20-12(16(27)28)7-13(24)10-4-5-11(19)9(2)6-10/h4-6,12H,3,7-8H2,1-2H3,(H,20,22)(H,27,28)(H,21,23,25). The zero-order valence-electron chi connectivity index (χ0n) is 16.1. The van der Waals surface area contributed by atoms with E-state index in [-0.39, 0.29) is 29.1 Å². The number of aliphatic carboxylic acids is 1. The molecule has 2 aromatic rings. The van der Waals surface area contributed by atoms with Gasteiger partial charge in [-0.15, -0.1) is 10.2 Å². The summed E-state index contributed by atoms with van der Waals surface area (Å²) in [7, 11) is 0. The number of Topliss-reactive ketones (excluding diaryl/α,β-unsaturated/α-hetero) is 1. The molecule has 1 amide bonds. The molecular weight excluding hydrogens is 436 g/mol. The lowest BCUT2D eigenvalue weighted by Crippen LogP contribution is -2.31. The van der Waals surface area contributed by atoms with E-state index in [1.807, 2.05) is 0 Å². The van der Waals surface area contributed by atoms with E-state index in [1.54, 1.807) is 26.0 Å². The molecule has 12 heteroatoms. The number of nitrogens with zero attached hydrogens (tertiary/aromatic N) is 2. The van der Waals surface area contributed by atoms with E-state index in [2.05, 4.69) is 25.6 Å². The van der Waals surface area contributed by atoms with Crippen LogP contribution in [0, 0.1) is 6.92 Å². The van der Waals surface area contributed by atoms with Gasteiger partial charge in [0, 0.05) is 17.0 Å². The molecule has 0 saturated heterocycles. The average Bonchev–Trinajstić information content (AvgIpc) is 3.10. The Hall–Kier alpha value is -3.05. The van der Waals surface area contributed by atoms with Gasteiger partial charge in [-0.1, -0.05) is 22.9 Å². The van der Waals surface area contributed by atoms with Gasteiger partial charge in [0.1, 0.15) is 12.5 Å². The molecule has 0 radical (unpaired) electrons.